The quantitative estimate of drug-likeness (QED) is 0.510. The fourth-order valence-corrected chi connectivity index (χ4v) is 0.886. The van der Waals surface area contributed by atoms with Gasteiger partial charge in [0.2, 0.25) is 0 Å². The topological polar surface area (TPSA) is 60.8 Å². The molecule has 1 rings (SSSR count). The molecule has 0 aliphatic rings. The van der Waals surface area contributed by atoms with Crippen molar-refractivity contribution in [3.8, 4) is 0 Å². The van der Waals surface area contributed by atoms with Gasteiger partial charge in [0.15, 0.2) is 0 Å². The van der Waals surface area contributed by atoms with Gasteiger partial charge in [-0.05, 0) is 11.5 Å². The van der Waals surface area contributed by atoms with E-state index in [4.69, 9.17) is 0 Å². The van der Waals surface area contributed by atoms with Gasteiger partial charge in [-0.3, -0.25) is 0 Å². The van der Waals surface area contributed by atoms with E-state index in [1.807, 2.05) is 0 Å². The summed E-state index contributed by atoms with van der Waals surface area (Å²) in [5.74, 6) is 0. The lowest BCUT2D eigenvalue weighted by atomic mass is 11.0. The van der Waals surface area contributed by atoms with Gasteiger partial charge in [-0.2, -0.15) is 0 Å². The van der Waals surface area contributed by atoms with Crippen LogP contribution in [0.3, 0.4) is 0 Å². The van der Waals surface area contributed by atoms with Crippen molar-refractivity contribution in [2.24, 2.45) is 0 Å². The molecule has 6 heteroatoms. The molecule has 46 valence electrons. The predicted octanol–water partition coefficient (Wildman–Crippen LogP) is 1.28. The maximum absolute atomic E-state index is 3.97. The SMILES string of the molecule is N.Sc1nnsc1S. The van der Waals surface area contributed by atoms with Crippen LogP contribution in [0.25, 0.3) is 0 Å². The van der Waals surface area contributed by atoms with E-state index in [-0.39, 0.29) is 6.15 Å². The van der Waals surface area contributed by atoms with Crippen molar-refractivity contribution in [1.82, 2.24) is 15.7 Å². The molecule has 0 aliphatic heterocycles. The Hall–Kier alpha value is 0.220. The highest BCUT2D eigenvalue weighted by Crippen LogP contribution is 2.17. The zero-order valence-electron chi connectivity index (χ0n) is 3.90. The fourth-order valence-electron chi connectivity index (χ4n) is 0.181. The minimum Gasteiger partial charge on any atom is -0.344 e. The van der Waals surface area contributed by atoms with E-state index in [1.165, 1.54) is 11.5 Å². The van der Waals surface area contributed by atoms with E-state index in [9.17, 15) is 0 Å². The van der Waals surface area contributed by atoms with Gasteiger partial charge >= 0.3 is 0 Å². The molecule has 1 heterocycles. The van der Waals surface area contributed by atoms with E-state index in [2.05, 4.69) is 34.8 Å². The van der Waals surface area contributed by atoms with Crippen LogP contribution in [0.1, 0.15) is 0 Å². The summed E-state index contributed by atoms with van der Waals surface area (Å²) < 4.78 is 4.33. The molecular weight excluding hydrogens is 162 g/mol. The zero-order chi connectivity index (χ0) is 5.28. The van der Waals surface area contributed by atoms with Crippen LogP contribution >= 0.6 is 36.8 Å². The van der Waals surface area contributed by atoms with Crippen LogP contribution in [-0.4, -0.2) is 9.59 Å². The Morgan fingerprint density at radius 1 is 1.38 bits per heavy atom. The largest absolute Gasteiger partial charge is 0.344 e. The molecule has 0 aromatic carbocycles. The van der Waals surface area contributed by atoms with Crippen molar-refractivity contribution >= 4 is 36.8 Å². The minimum absolute atomic E-state index is 0. The predicted molar refractivity (Wildman–Crippen MR) is 39.4 cm³/mol. The molecular formula is C2H5N3S3. The van der Waals surface area contributed by atoms with Crippen LogP contribution in [0.2, 0.25) is 0 Å². The van der Waals surface area contributed by atoms with Crippen LogP contribution in [-0.2, 0) is 0 Å². The van der Waals surface area contributed by atoms with Crippen LogP contribution in [0.4, 0.5) is 0 Å². The second-order valence-electron chi connectivity index (χ2n) is 0.902. The Balaban J connectivity index is 0.000000490. The number of hydrogen-bond acceptors (Lipinski definition) is 6. The van der Waals surface area contributed by atoms with Crippen molar-refractivity contribution in [2.75, 3.05) is 0 Å². The third kappa shape index (κ3) is 1.62. The second-order valence-corrected chi connectivity index (χ2v) is 2.83. The van der Waals surface area contributed by atoms with Crippen LogP contribution in [0.15, 0.2) is 9.24 Å². The van der Waals surface area contributed by atoms with Gasteiger partial charge in [0.05, 0.1) is 0 Å². The summed E-state index contributed by atoms with van der Waals surface area (Å²) in [5.41, 5.74) is 0. The smallest absolute Gasteiger partial charge is 0.142 e. The molecule has 1 aromatic rings. The molecule has 0 fully saturated rings. The highest BCUT2D eigenvalue weighted by Gasteiger charge is 1.93. The summed E-state index contributed by atoms with van der Waals surface area (Å²) in [5, 5.41) is 4.18. The van der Waals surface area contributed by atoms with E-state index in [0.717, 1.165) is 4.21 Å². The molecule has 1 aromatic heterocycles. The molecule has 0 bridgehead atoms. The normalized spacial score (nSPS) is 8.25. The molecule has 0 radical (unpaired) electrons. The summed E-state index contributed by atoms with van der Waals surface area (Å²) in [6, 6.07) is 0. The summed E-state index contributed by atoms with van der Waals surface area (Å²) >= 11 is 9.11. The molecule has 0 unspecified atom stereocenters. The van der Waals surface area contributed by atoms with E-state index in [1.54, 1.807) is 0 Å². The van der Waals surface area contributed by atoms with Crippen LogP contribution < -0.4 is 6.15 Å². The highest BCUT2D eigenvalue weighted by atomic mass is 32.2. The Bertz CT molecular complexity index is 145. The Morgan fingerprint density at radius 2 is 2.00 bits per heavy atom. The van der Waals surface area contributed by atoms with E-state index in [0.29, 0.717) is 5.03 Å². The summed E-state index contributed by atoms with van der Waals surface area (Å²) in [4.78, 5) is 0. The average Bonchev–Trinajstić information content (AvgIpc) is 1.91. The highest BCUT2D eigenvalue weighted by molar-refractivity contribution is 7.85. The zero-order valence-corrected chi connectivity index (χ0v) is 6.51. The molecule has 3 nitrogen and oxygen atoms in total. The fraction of sp³-hybridized carbons (Fsp3) is 0. The lowest BCUT2D eigenvalue weighted by Gasteiger charge is -1.72. The molecule has 0 spiro atoms. The van der Waals surface area contributed by atoms with Gasteiger partial charge in [0, 0.05) is 0 Å². The standard InChI is InChI=1S/C2H2N2S3.H3N/c5-1-2(6)7-4-3-1;/h5-6H;1H3. The van der Waals surface area contributed by atoms with E-state index < -0.39 is 0 Å². The monoisotopic (exact) mass is 167 g/mol. The molecule has 0 saturated heterocycles. The number of aromatic nitrogens is 2. The second kappa shape index (κ2) is 3.29. The molecule has 8 heavy (non-hydrogen) atoms. The molecule has 0 atom stereocenters. The maximum Gasteiger partial charge on any atom is 0.142 e. The van der Waals surface area contributed by atoms with Gasteiger partial charge < -0.3 is 6.15 Å². The maximum atomic E-state index is 3.97. The first-order chi connectivity index (χ1) is 3.30. The molecule has 0 aliphatic carbocycles. The van der Waals surface area contributed by atoms with Crippen molar-refractivity contribution in [2.45, 2.75) is 9.24 Å². The first-order valence-electron chi connectivity index (χ1n) is 1.51. The number of nitrogens with zero attached hydrogens (tertiary/aromatic N) is 2. The molecule has 0 saturated carbocycles. The van der Waals surface area contributed by atoms with Gasteiger partial charge in [-0.25, -0.2) is 0 Å². The summed E-state index contributed by atoms with van der Waals surface area (Å²) in [6.45, 7) is 0. The Kier molecular flexibility index (Phi) is 3.38. The first kappa shape index (κ1) is 8.22. The van der Waals surface area contributed by atoms with Crippen molar-refractivity contribution < 1.29 is 0 Å². The Labute approximate surface area is 62.1 Å². The first-order valence-corrected chi connectivity index (χ1v) is 3.18. The number of hydrogen-bond donors (Lipinski definition) is 3. The van der Waals surface area contributed by atoms with Gasteiger partial charge in [-0.1, -0.05) is 4.49 Å². The Morgan fingerprint density at radius 3 is 2.12 bits per heavy atom. The summed E-state index contributed by atoms with van der Waals surface area (Å²) in [6.07, 6.45) is 0. The van der Waals surface area contributed by atoms with Crippen molar-refractivity contribution in [3.05, 3.63) is 0 Å². The molecule has 3 N–H and O–H groups in total. The van der Waals surface area contributed by atoms with Gasteiger partial charge in [-0.15, -0.1) is 30.4 Å². The average molecular weight is 167 g/mol. The van der Waals surface area contributed by atoms with Crippen LogP contribution in [0.5, 0.6) is 0 Å². The third-order valence-electron chi connectivity index (χ3n) is 0.454. The lowest BCUT2D eigenvalue weighted by molar-refractivity contribution is 1.01. The molecule has 0 amide bonds. The van der Waals surface area contributed by atoms with Crippen molar-refractivity contribution in [1.29, 1.82) is 0 Å². The van der Waals surface area contributed by atoms with Crippen LogP contribution in [0, 0.1) is 0 Å². The van der Waals surface area contributed by atoms with Gasteiger partial charge in [0.25, 0.3) is 0 Å². The van der Waals surface area contributed by atoms with E-state index >= 15 is 0 Å². The minimum atomic E-state index is 0. The number of thiol groups is 2. The lowest BCUT2D eigenvalue weighted by Crippen LogP contribution is -1.61. The third-order valence-corrected chi connectivity index (χ3v) is 2.08. The number of rotatable bonds is 0. The van der Waals surface area contributed by atoms with Crippen molar-refractivity contribution in [3.63, 3.8) is 0 Å². The summed E-state index contributed by atoms with van der Waals surface area (Å²) in [7, 11) is 0. The van der Waals surface area contributed by atoms with Gasteiger partial charge in [0.1, 0.15) is 9.24 Å².